The number of hydrogen-bond acceptors (Lipinski definition) is 2. The molecular formula is C8H8N3O. The summed E-state index contributed by atoms with van der Waals surface area (Å²) in [5.74, 6) is 0. The summed E-state index contributed by atoms with van der Waals surface area (Å²) >= 11 is 0. The van der Waals surface area contributed by atoms with Crippen molar-refractivity contribution in [3.05, 3.63) is 24.3 Å². The van der Waals surface area contributed by atoms with E-state index in [0.717, 1.165) is 11.0 Å². The highest BCUT2D eigenvalue weighted by Gasteiger charge is 2.00. The highest BCUT2D eigenvalue weighted by molar-refractivity contribution is 5.73. The van der Waals surface area contributed by atoms with E-state index < -0.39 is 0 Å². The Morgan fingerprint density at radius 2 is 2.17 bits per heavy atom. The molecule has 0 spiro atoms. The molecule has 0 aliphatic heterocycles. The van der Waals surface area contributed by atoms with Gasteiger partial charge in [-0.15, -0.1) is 5.10 Å². The molecule has 1 aromatic carbocycles. The molecule has 0 atom stereocenters. The number of fused-ring (bicyclic) bond motifs is 1. The van der Waals surface area contributed by atoms with Gasteiger partial charge in [0, 0.05) is 0 Å². The number of hydrogen-bond donors (Lipinski definition) is 0. The van der Waals surface area contributed by atoms with Crippen LogP contribution in [0.1, 0.15) is 0 Å². The molecule has 0 saturated carbocycles. The van der Waals surface area contributed by atoms with Crippen LogP contribution in [0.2, 0.25) is 0 Å². The molecule has 61 valence electrons. The third-order valence-corrected chi connectivity index (χ3v) is 1.72. The van der Waals surface area contributed by atoms with E-state index in [2.05, 4.69) is 10.3 Å². The van der Waals surface area contributed by atoms with Crippen LogP contribution >= 0.6 is 0 Å². The van der Waals surface area contributed by atoms with Crippen molar-refractivity contribution in [2.45, 2.75) is 6.54 Å². The van der Waals surface area contributed by atoms with Crippen LogP contribution in [0.3, 0.4) is 0 Å². The fourth-order valence-electron chi connectivity index (χ4n) is 1.17. The maximum absolute atomic E-state index is 10.4. The number of para-hydroxylation sites is 1. The van der Waals surface area contributed by atoms with Crippen LogP contribution in [-0.4, -0.2) is 21.6 Å². The predicted octanol–water partition coefficient (Wildman–Crippen LogP) is 0.862. The molecule has 0 N–H and O–H groups in total. The van der Waals surface area contributed by atoms with Gasteiger partial charge in [-0.3, -0.25) is 0 Å². The maximum Gasteiger partial charge on any atom is 0.113 e. The summed E-state index contributed by atoms with van der Waals surface area (Å²) in [5.41, 5.74) is 1.76. The number of benzene rings is 1. The predicted molar refractivity (Wildman–Crippen MR) is 43.1 cm³/mol. The lowest BCUT2D eigenvalue weighted by Crippen LogP contribution is -2.02. The van der Waals surface area contributed by atoms with E-state index in [9.17, 15) is 5.11 Å². The quantitative estimate of drug-likeness (QED) is 0.657. The Morgan fingerprint density at radius 3 is 3.00 bits per heavy atom. The molecule has 12 heavy (non-hydrogen) atoms. The van der Waals surface area contributed by atoms with Crippen molar-refractivity contribution in [3.8, 4) is 0 Å². The molecule has 2 rings (SSSR count). The topological polar surface area (TPSA) is 50.6 Å². The third kappa shape index (κ3) is 1.06. The zero-order valence-corrected chi connectivity index (χ0v) is 6.47. The van der Waals surface area contributed by atoms with Crippen molar-refractivity contribution in [1.82, 2.24) is 15.0 Å². The Labute approximate surface area is 69.4 Å². The fraction of sp³-hybridized carbons (Fsp3) is 0.250. The third-order valence-electron chi connectivity index (χ3n) is 1.72. The van der Waals surface area contributed by atoms with Crippen molar-refractivity contribution in [1.29, 1.82) is 0 Å². The molecule has 0 saturated heterocycles. The van der Waals surface area contributed by atoms with E-state index in [4.69, 9.17) is 0 Å². The smallest absolute Gasteiger partial charge is 0.113 e. The molecule has 4 heteroatoms. The number of nitrogens with zero attached hydrogens (tertiary/aromatic N) is 3. The molecule has 0 fully saturated rings. The second kappa shape index (κ2) is 2.91. The lowest BCUT2D eigenvalue weighted by atomic mass is 10.3. The van der Waals surface area contributed by atoms with E-state index in [1.54, 1.807) is 4.68 Å². The summed E-state index contributed by atoms with van der Waals surface area (Å²) in [6.07, 6.45) is 0. The Balaban J connectivity index is 2.55. The average Bonchev–Trinajstić information content (AvgIpc) is 2.50. The maximum atomic E-state index is 10.4. The Morgan fingerprint density at radius 1 is 1.33 bits per heavy atom. The summed E-state index contributed by atoms with van der Waals surface area (Å²) < 4.78 is 1.63. The average molecular weight is 162 g/mol. The van der Waals surface area contributed by atoms with Gasteiger partial charge in [0.15, 0.2) is 0 Å². The van der Waals surface area contributed by atoms with Crippen LogP contribution < -0.4 is 0 Å². The zero-order valence-electron chi connectivity index (χ0n) is 6.47. The van der Waals surface area contributed by atoms with Crippen molar-refractivity contribution in [2.24, 2.45) is 0 Å². The van der Waals surface area contributed by atoms with Gasteiger partial charge in [0.1, 0.15) is 12.1 Å². The van der Waals surface area contributed by atoms with Gasteiger partial charge in [-0.25, -0.2) is 9.79 Å². The van der Waals surface area contributed by atoms with E-state index in [0.29, 0.717) is 6.54 Å². The molecule has 1 aromatic heterocycles. The normalized spacial score (nSPS) is 10.8. The van der Waals surface area contributed by atoms with Gasteiger partial charge in [-0.05, 0) is 12.1 Å². The Hall–Kier alpha value is -1.42. The van der Waals surface area contributed by atoms with Gasteiger partial charge in [0.05, 0.1) is 12.1 Å². The number of rotatable bonds is 2. The number of aromatic nitrogens is 3. The standard InChI is InChI=1S/C8H8N3O/c12-6-5-11-8-4-2-1-3-7(8)9-10-11/h1-4H,5-6H2. The van der Waals surface area contributed by atoms with Crippen molar-refractivity contribution in [2.75, 3.05) is 6.61 Å². The first-order chi connectivity index (χ1) is 5.92. The minimum Gasteiger partial charge on any atom is -0.242 e. The summed E-state index contributed by atoms with van der Waals surface area (Å²) in [6, 6.07) is 7.60. The highest BCUT2D eigenvalue weighted by atomic mass is 16.3. The molecular weight excluding hydrogens is 154 g/mol. The molecule has 4 nitrogen and oxygen atoms in total. The van der Waals surface area contributed by atoms with E-state index in [1.807, 2.05) is 24.3 Å². The summed E-state index contributed by atoms with van der Waals surface area (Å²) in [7, 11) is 0. The van der Waals surface area contributed by atoms with Crippen molar-refractivity contribution < 1.29 is 5.11 Å². The first-order valence-electron chi connectivity index (χ1n) is 3.78. The van der Waals surface area contributed by atoms with E-state index in [-0.39, 0.29) is 6.61 Å². The second-order valence-corrected chi connectivity index (χ2v) is 2.51. The first kappa shape index (κ1) is 7.24. The van der Waals surface area contributed by atoms with Crippen LogP contribution in [0.4, 0.5) is 0 Å². The SMILES string of the molecule is [O]CCn1nnc2ccccc21. The summed E-state index contributed by atoms with van der Waals surface area (Å²) in [5, 5.41) is 18.1. The second-order valence-electron chi connectivity index (χ2n) is 2.51. The Bertz CT molecular complexity index is 382. The van der Waals surface area contributed by atoms with E-state index >= 15 is 0 Å². The molecule has 2 aromatic rings. The van der Waals surface area contributed by atoms with Crippen LogP contribution in [0, 0.1) is 0 Å². The van der Waals surface area contributed by atoms with Crippen LogP contribution in [-0.2, 0) is 11.7 Å². The monoisotopic (exact) mass is 162 g/mol. The van der Waals surface area contributed by atoms with E-state index in [1.165, 1.54) is 0 Å². The summed E-state index contributed by atoms with van der Waals surface area (Å²) in [6.45, 7) is 0.230. The molecule has 1 heterocycles. The van der Waals surface area contributed by atoms with Crippen molar-refractivity contribution >= 4 is 11.0 Å². The lowest BCUT2D eigenvalue weighted by Gasteiger charge is -1.95. The van der Waals surface area contributed by atoms with Gasteiger partial charge >= 0.3 is 0 Å². The van der Waals surface area contributed by atoms with Crippen LogP contribution in [0.15, 0.2) is 24.3 Å². The van der Waals surface area contributed by atoms with Gasteiger partial charge in [-0.1, -0.05) is 17.3 Å². The van der Waals surface area contributed by atoms with Crippen LogP contribution in [0.5, 0.6) is 0 Å². The van der Waals surface area contributed by atoms with Gasteiger partial charge in [0.2, 0.25) is 0 Å². The fourth-order valence-corrected chi connectivity index (χ4v) is 1.17. The molecule has 0 unspecified atom stereocenters. The van der Waals surface area contributed by atoms with Gasteiger partial charge in [0.25, 0.3) is 0 Å². The largest absolute Gasteiger partial charge is 0.242 e. The minimum atomic E-state index is -0.159. The van der Waals surface area contributed by atoms with Crippen LogP contribution in [0.25, 0.3) is 11.0 Å². The minimum absolute atomic E-state index is 0.159. The molecule has 0 aliphatic carbocycles. The van der Waals surface area contributed by atoms with Gasteiger partial charge < -0.3 is 0 Å². The van der Waals surface area contributed by atoms with Gasteiger partial charge in [-0.2, -0.15) is 0 Å². The molecule has 1 radical (unpaired) electrons. The van der Waals surface area contributed by atoms with Crippen molar-refractivity contribution in [3.63, 3.8) is 0 Å². The zero-order chi connectivity index (χ0) is 8.39. The first-order valence-corrected chi connectivity index (χ1v) is 3.78. The Kier molecular flexibility index (Phi) is 1.75. The highest BCUT2D eigenvalue weighted by Crippen LogP contribution is 2.08. The lowest BCUT2D eigenvalue weighted by molar-refractivity contribution is 0.177. The molecule has 0 amide bonds. The molecule has 0 bridgehead atoms. The summed E-state index contributed by atoms with van der Waals surface area (Å²) in [4.78, 5) is 0. The molecule has 0 aliphatic rings.